The first kappa shape index (κ1) is 10.9. The first-order chi connectivity index (χ1) is 9.33. The Labute approximate surface area is 112 Å². The third-order valence-corrected chi connectivity index (χ3v) is 4.31. The van der Waals surface area contributed by atoms with Gasteiger partial charge in [0.15, 0.2) is 5.78 Å². The zero-order chi connectivity index (χ0) is 12.8. The maximum Gasteiger partial charge on any atom is 0.177 e. The Morgan fingerprint density at radius 2 is 1.63 bits per heavy atom. The van der Waals surface area contributed by atoms with Crippen LogP contribution in [-0.4, -0.2) is 17.2 Å². The maximum atomic E-state index is 12.2. The largest absolute Gasteiger partial charge is 0.293 e. The van der Waals surface area contributed by atoms with Gasteiger partial charge in [0.1, 0.15) is 0 Å². The van der Waals surface area contributed by atoms with Crippen molar-refractivity contribution in [1.82, 2.24) is 4.90 Å². The van der Waals surface area contributed by atoms with Crippen molar-refractivity contribution >= 4 is 5.78 Å². The van der Waals surface area contributed by atoms with Crippen molar-refractivity contribution in [2.75, 3.05) is 6.54 Å². The van der Waals surface area contributed by atoms with Gasteiger partial charge in [-0.1, -0.05) is 48.5 Å². The van der Waals surface area contributed by atoms with Gasteiger partial charge in [-0.3, -0.25) is 9.69 Å². The summed E-state index contributed by atoms with van der Waals surface area (Å²) in [5.74, 6) is 0.256. The highest BCUT2D eigenvalue weighted by atomic mass is 16.1. The van der Waals surface area contributed by atoms with Gasteiger partial charge in [-0.05, 0) is 23.1 Å². The van der Waals surface area contributed by atoms with Gasteiger partial charge in [-0.2, -0.15) is 0 Å². The number of nitrogens with zero attached hydrogens (tertiary/aromatic N) is 1. The SMILES string of the molecule is O=C1CN2Cc3ccccc3CC2c2ccccc21. The molecule has 0 saturated heterocycles. The summed E-state index contributed by atoms with van der Waals surface area (Å²) >= 11 is 0. The van der Waals surface area contributed by atoms with Crippen LogP contribution < -0.4 is 0 Å². The van der Waals surface area contributed by atoms with Crippen LogP contribution in [0, 0.1) is 0 Å². The number of fused-ring (bicyclic) bond motifs is 4. The van der Waals surface area contributed by atoms with E-state index in [1.165, 1.54) is 16.7 Å². The fourth-order valence-electron chi connectivity index (χ4n) is 3.36. The molecule has 2 aromatic carbocycles. The van der Waals surface area contributed by atoms with E-state index in [2.05, 4.69) is 35.2 Å². The molecule has 0 amide bonds. The summed E-state index contributed by atoms with van der Waals surface area (Å²) in [7, 11) is 0. The van der Waals surface area contributed by atoms with E-state index in [1.54, 1.807) is 0 Å². The summed E-state index contributed by atoms with van der Waals surface area (Å²) in [6.07, 6.45) is 1.01. The summed E-state index contributed by atoms with van der Waals surface area (Å²) in [5, 5.41) is 0. The van der Waals surface area contributed by atoms with Crippen molar-refractivity contribution in [1.29, 1.82) is 0 Å². The molecule has 2 heterocycles. The molecule has 2 aliphatic rings. The number of hydrogen-bond acceptors (Lipinski definition) is 2. The van der Waals surface area contributed by atoms with Gasteiger partial charge < -0.3 is 0 Å². The molecule has 2 heteroatoms. The topological polar surface area (TPSA) is 20.3 Å². The number of Topliss-reactive ketones (excluding diaryl/α,β-unsaturated/α-hetero) is 1. The predicted octanol–water partition coefficient (Wildman–Crippen LogP) is 2.98. The molecule has 1 atom stereocenters. The molecule has 19 heavy (non-hydrogen) atoms. The lowest BCUT2D eigenvalue weighted by Crippen LogP contribution is -2.42. The molecular formula is C17H15NO. The van der Waals surface area contributed by atoms with Gasteiger partial charge in [-0.15, -0.1) is 0 Å². The Balaban J connectivity index is 1.83. The van der Waals surface area contributed by atoms with Crippen LogP contribution in [0.4, 0.5) is 0 Å². The highest BCUT2D eigenvalue weighted by molar-refractivity contribution is 6.00. The molecule has 0 radical (unpaired) electrons. The van der Waals surface area contributed by atoms with Gasteiger partial charge in [0, 0.05) is 18.2 Å². The Hall–Kier alpha value is -1.93. The van der Waals surface area contributed by atoms with Crippen LogP contribution in [0.5, 0.6) is 0 Å². The van der Waals surface area contributed by atoms with Crippen LogP contribution in [-0.2, 0) is 13.0 Å². The number of ketones is 1. The first-order valence-electron chi connectivity index (χ1n) is 6.76. The van der Waals surface area contributed by atoms with Crippen molar-refractivity contribution in [3.8, 4) is 0 Å². The van der Waals surface area contributed by atoms with Crippen molar-refractivity contribution in [2.45, 2.75) is 19.0 Å². The molecule has 0 aliphatic carbocycles. The molecule has 0 saturated carbocycles. The average Bonchev–Trinajstić information content (AvgIpc) is 2.46. The number of carbonyl (C=O) groups is 1. The summed E-state index contributed by atoms with van der Waals surface area (Å²) in [4.78, 5) is 14.5. The second-order valence-electron chi connectivity index (χ2n) is 5.40. The lowest BCUT2D eigenvalue weighted by atomic mass is 9.84. The Morgan fingerprint density at radius 1 is 0.895 bits per heavy atom. The van der Waals surface area contributed by atoms with E-state index in [4.69, 9.17) is 0 Å². The van der Waals surface area contributed by atoms with Crippen LogP contribution in [0.25, 0.3) is 0 Å². The van der Waals surface area contributed by atoms with Crippen molar-refractivity contribution in [3.05, 3.63) is 70.8 Å². The molecule has 1 unspecified atom stereocenters. The predicted molar refractivity (Wildman–Crippen MR) is 74.1 cm³/mol. The molecular weight excluding hydrogens is 234 g/mol. The quantitative estimate of drug-likeness (QED) is 0.715. The smallest absolute Gasteiger partial charge is 0.177 e. The minimum Gasteiger partial charge on any atom is -0.293 e. The van der Waals surface area contributed by atoms with Gasteiger partial charge in [-0.25, -0.2) is 0 Å². The molecule has 0 aromatic heterocycles. The molecule has 0 bridgehead atoms. The lowest BCUT2D eigenvalue weighted by Gasteiger charge is -2.40. The van der Waals surface area contributed by atoms with Gasteiger partial charge >= 0.3 is 0 Å². The van der Waals surface area contributed by atoms with Crippen molar-refractivity contribution in [2.24, 2.45) is 0 Å². The second kappa shape index (κ2) is 4.04. The Morgan fingerprint density at radius 3 is 2.53 bits per heavy atom. The van der Waals surface area contributed by atoms with E-state index in [9.17, 15) is 4.79 Å². The normalized spacial score (nSPS) is 21.5. The first-order valence-corrected chi connectivity index (χ1v) is 6.76. The second-order valence-corrected chi connectivity index (χ2v) is 5.40. The average molecular weight is 249 g/mol. The fourth-order valence-corrected chi connectivity index (χ4v) is 3.36. The molecule has 0 spiro atoms. The third-order valence-electron chi connectivity index (χ3n) is 4.31. The fraction of sp³-hybridized carbons (Fsp3) is 0.235. The molecule has 94 valence electrons. The molecule has 2 aromatic rings. The summed E-state index contributed by atoms with van der Waals surface area (Å²) in [6.45, 7) is 1.44. The number of benzene rings is 2. The monoisotopic (exact) mass is 249 g/mol. The Bertz CT molecular complexity index is 662. The highest BCUT2D eigenvalue weighted by Gasteiger charge is 2.34. The van der Waals surface area contributed by atoms with E-state index in [0.717, 1.165) is 18.5 Å². The number of carbonyl (C=O) groups excluding carboxylic acids is 1. The van der Waals surface area contributed by atoms with Crippen LogP contribution in [0.3, 0.4) is 0 Å². The van der Waals surface area contributed by atoms with Crippen LogP contribution in [0.2, 0.25) is 0 Å². The molecule has 2 aliphatic heterocycles. The van der Waals surface area contributed by atoms with Crippen LogP contribution in [0.15, 0.2) is 48.5 Å². The van der Waals surface area contributed by atoms with E-state index < -0.39 is 0 Å². The van der Waals surface area contributed by atoms with Crippen LogP contribution >= 0.6 is 0 Å². The van der Waals surface area contributed by atoms with E-state index in [0.29, 0.717) is 12.6 Å². The highest BCUT2D eigenvalue weighted by Crippen LogP contribution is 2.37. The zero-order valence-electron chi connectivity index (χ0n) is 10.7. The van der Waals surface area contributed by atoms with E-state index >= 15 is 0 Å². The third kappa shape index (κ3) is 1.64. The minimum absolute atomic E-state index is 0.256. The summed E-state index contributed by atoms with van der Waals surface area (Å²) in [6, 6.07) is 17.0. The van der Waals surface area contributed by atoms with Crippen molar-refractivity contribution in [3.63, 3.8) is 0 Å². The molecule has 2 nitrogen and oxygen atoms in total. The van der Waals surface area contributed by atoms with Gasteiger partial charge in [0.25, 0.3) is 0 Å². The summed E-state index contributed by atoms with van der Waals surface area (Å²) < 4.78 is 0. The number of hydrogen-bond donors (Lipinski definition) is 0. The lowest BCUT2D eigenvalue weighted by molar-refractivity contribution is 0.0819. The Kier molecular flexibility index (Phi) is 2.32. The van der Waals surface area contributed by atoms with Crippen molar-refractivity contribution < 1.29 is 4.79 Å². The number of rotatable bonds is 0. The maximum absolute atomic E-state index is 12.2. The standard InChI is InChI=1S/C17H15NO/c19-17-11-18-10-13-6-2-1-5-12(13)9-16(18)14-7-3-4-8-15(14)17/h1-8,16H,9-11H2. The van der Waals surface area contributed by atoms with Gasteiger partial charge in [0.05, 0.1) is 6.54 Å². The van der Waals surface area contributed by atoms with E-state index in [1.807, 2.05) is 18.2 Å². The minimum atomic E-state index is 0.256. The van der Waals surface area contributed by atoms with Gasteiger partial charge in [0.2, 0.25) is 0 Å². The zero-order valence-corrected chi connectivity index (χ0v) is 10.7. The molecule has 4 rings (SSSR count). The molecule has 0 fully saturated rings. The van der Waals surface area contributed by atoms with E-state index in [-0.39, 0.29) is 5.78 Å². The molecule has 0 N–H and O–H groups in total. The van der Waals surface area contributed by atoms with Crippen LogP contribution in [0.1, 0.15) is 33.1 Å². The summed E-state index contributed by atoms with van der Waals surface area (Å²) in [5.41, 5.74) is 4.91.